The topological polar surface area (TPSA) is 57.7 Å². The van der Waals surface area contributed by atoms with Crippen molar-refractivity contribution in [1.29, 1.82) is 0 Å². The molecule has 1 heterocycles. The van der Waals surface area contributed by atoms with Gasteiger partial charge in [-0.25, -0.2) is 8.42 Å². The van der Waals surface area contributed by atoms with E-state index >= 15 is 0 Å². The number of anilines is 1. The second-order valence-corrected chi connectivity index (χ2v) is 9.72. The summed E-state index contributed by atoms with van der Waals surface area (Å²) in [6, 6.07) is 11.2. The number of hydrogen-bond acceptors (Lipinski definition) is 3. The molecule has 29 heavy (non-hydrogen) atoms. The molecule has 0 fully saturated rings. The fourth-order valence-corrected chi connectivity index (χ4v) is 5.99. The standard InChI is InChI=1S/C23H28N2O3S/c1-3-24(4-2)29(27,28)21-11-12-22-19(16-21)13-14-25(22)23(26)20-10-9-17-7-5-6-8-18(17)15-20/h9-12,15-16H,3-8,13-14H2,1-2H3. The molecule has 0 unspecified atom stereocenters. The van der Waals surface area contributed by atoms with Crippen molar-refractivity contribution in [2.45, 2.75) is 50.8 Å². The van der Waals surface area contributed by atoms with Crippen LogP contribution < -0.4 is 4.90 Å². The van der Waals surface area contributed by atoms with Gasteiger partial charge in [-0.3, -0.25) is 4.79 Å². The van der Waals surface area contributed by atoms with Crippen molar-refractivity contribution >= 4 is 21.6 Å². The van der Waals surface area contributed by atoms with Gasteiger partial charge < -0.3 is 4.90 Å². The molecule has 1 amide bonds. The molecule has 2 aliphatic rings. The third kappa shape index (κ3) is 3.60. The van der Waals surface area contributed by atoms with Gasteiger partial charge in [0, 0.05) is 30.9 Å². The number of carbonyl (C=O) groups is 1. The molecule has 154 valence electrons. The number of fused-ring (bicyclic) bond motifs is 2. The number of rotatable bonds is 5. The van der Waals surface area contributed by atoms with E-state index in [4.69, 9.17) is 0 Å². The van der Waals surface area contributed by atoms with Crippen LogP contribution >= 0.6 is 0 Å². The quantitative estimate of drug-likeness (QED) is 0.751. The van der Waals surface area contributed by atoms with Crippen LogP contribution in [-0.2, 0) is 29.3 Å². The molecule has 2 aromatic rings. The summed E-state index contributed by atoms with van der Waals surface area (Å²) in [4.78, 5) is 15.3. The molecule has 0 aromatic heterocycles. The molecule has 1 aliphatic heterocycles. The van der Waals surface area contributed by atoms with Gasteiger partial charge in [-0.05, 0) is 79.1 Å². The first kappa shape index (κ1) is 20.1. The largest absolute Gasteiger partial charge is 0.308 e. The maximum absolute atomic E-state index is 13.2. The predicted molar refractivity (Wildman–Crippen MR) is 115 cm³/mol. The van der Waals surface area contributed by atoms with E-state index in [0.717, 1.165) is 29.7 Å². The second kappa shape index (κ2) is 7.92. The zero-order valence-corrected chi connectivity index (χ0v) is 18.0. The normalized spacial score (nSPS) is 16.0. The van der Waals surface area contributed by atoms with E-state index in [1.807, 2.05) is 26.0 Å². The summed E-state index contributed by atoms with van der Waals surface area (Å²) in [5, 5.41) is 0. The van der Waals surface area contributed by atoms with Crippen LogP contribution in [0.5, 0.6) is 0 Å². The highest BCUT2D eigenvalue weighted by Gasteiger charge is 2.29. The van der Waals surface area contributed by atoms with Crippen molar-refractivity contribution < 1.29 is 13.2 Å². The van der Waals surface area contributed by atoms with Crippen molar-refractivity contribution in [2.24, 2.45) is 0 Å². The van der Waals surface area contributed by atoms with Crippen LogP contribution in [-0.4, -0.2) is 38.3 Å². The molecule has 0 saturated carbocycles. The molecule has 1 aliphatic carbocycles. The highest BCUT2D eigenvalue weighted by atomic mass is 32.2. The van der Waals surface area contributed by atoms with Gasteiger partial charge >= 0.3 is 0 Å². The molecule has 0 radical (unpaired) electrons. The summed E-state index contributed by atoms with van der Waals surface area (Å²) in [6.07, 6.45) is 5.22. The minimum Gasteiger partial charge on any atom is -0.308 e. The average Bonchev–Trinajstić information content (AvgIpc) is 3.17. The van der Waals surface area contributed by atoms with Gasteiger partial charge in [-0.15, -0.1) is 0 Å². The summed E-state index contributed by atoms with van der Waals surface area (Å²) in [7, 11) is -3.49. The van der Waals surface area contributed by atoms with Gasteiger partial charge in [0.25, 0.3) is 5.91 Å². The Labute approximate surface area is 173 Å². The van der Waals surface area contributed by atoms with Crippen LogP contribution in [0.3, 0.4) is 0 Å². The van der Waals surface area contributed by atoms with E-state index in [-0.39, 0.29) is 5.91 Å². The maximum Gasteiger partial charge on any atom is 0.258 e. The van der Waals surface area contributed by atoms with E-state index in [9.17, 15) is 13.2 Å². The lowest BCUT2D eigenvalue weighted by Crippen LogP contribution is -2.31. The van der Waals surface area contributed by atoms with E-state index in [0.29, 0.717) is 31.0 Å². The second-order valence-electron chi connectivity index (χ2n) is 7.78. The van der Waals surface area contributed by atoms with Crippen LogP contribution in [0.15, 0.2) is 41.3 Å². The van der Waals surface area contributed by atoms with Crippen molar-refractivity contribution in [3.63, 3.8) is 0 Å². The van der Waals surface area contributed by atoms with E-state index < -0.39 is 10.0 Å². The van der Waals surface area contributed by atoms with Crippen LogP contribution in [0.1, 0.15) is 53.7 Å². The van der Waals surface area contributed by atoms with Gasteiger partial charge in [0.05, 0.1) is 4.90 Å². The number of sulfonamides is 1. The lowest BCUT2D eigenvalue weighted by Gasteiger charge is -2.21. The maximum atomic E-state index is 13.2. The lowest BCUT2D eigenvalue weighted by atomic mass is 9.90. The van der Waals surface area contributed by atoms with Gasteiger partial charge in [-0.2, -0.15) is 4.31 Å². The summed E-state index contributed by atoms with van der Waals surface area (Å²) in [5.41, 5.74) is 5.12. The Morgan fingerprint density at radius 1 is 0.931 bits per heavy atom. The molecular weight excluding hydrogens is 384 g/mol. The molecule has 0 N–H and O–H groups in total. The van der Waals surface area contributed by atoms with E-state index in [1.165, 1.54) is 28.3 Å². The minimum absolute atomic E-state index is 0.00327. The Hall–Kier alpha value is -2.18. The van der Waals surface area contributed by atoms with Gasteiger partial charge in [0.2, 0.25) is 10.0 Å². The van der Waals surface area contributed by atoms with Crippen LogP contribution in [0.25, 0.3) is 0 Å². The van der Waals surface area contributed by atoms with Crippen LogP contribution in [0.4, 0.5) is 5.69 Å². The summed E-state index contributed by atoms with van der Waals surface area (Å²) < 4.78 is 27.1. The molecule has 2 aromatic carbocycles. The molecule has 0 saturated heterocycles. The minimum atomic E-state index is -3.49. The third-order valence-electron chi connectivity index (χ3n) is 6.13. The van der Waals surface area contributed by atoms with Crippen molar-refractivity contribution in [1.82, 2.24) is 4.31 Å². The number of benzene rings is 2. The Bertz CT molecular complexity index is 1040. The molecular formula is C23H28N2O3S. The summed E-state index contributed by atoms with van der Waals surface area (Å²) in [6.45, 7) is 5.15. The van der Waals surface area contributed by atoms with Crippen molar-refractivity contribution in [3.05, 3.63) is 58.7 Å². The summed E-state index contributed by atoms with van der Waals surface area (Å²) in [5.74, 6) is -0.00327. The average molecular weight is 413 g/mol. The zero-order chi connectivity index (χ0) is 20.6. The Balaban J connectivity index is 1.62. The summed E-state index contributed by atoms with van der Waals surface area (Å²) >= 11 is 0. The Kier molecular flexibility index (Phi) is 5.49. The molecule has 4 rings (SSSR count). The van der Waals surface area contributed by atoms with Crippen molar-refractivity contribution in [2.75, 3.05) is 24.5 Å². The molecule has 6 heteroatoms. The molecule has 0 spiro atoms. The number of carbonyl (C=O) groups excluding carboxylic acids is 1. The first-order valence-corrected chi connectivity index (χ1v) is 12.0. The fraction of sp³-hybridized carbons (Fsp3) is 0.435. The number of hydrogen-bond donors (Lipinski definition) is 0. The molecule has 5 nitrogen and oxygen atoms in total. The SMILES string of the molecule is CCN(CC)S(=O)(=O)c1ccc2c(c1)CCN2C(=O)c1ccc2c(c1)CCCC2. The van der Waals surface area contributed by atoms with Crippen LogP contribution in [0.2, 0.25) is 0 Å². The van der Waals surface area contributed by atoms with Crippen LogP contribution in [0, 0.1) is 0 Å². The first-order valence-electron chi connectivity index (χ1n) is 10.5. The van der Waals surface area contributed by atoms with Crippen molar-refractivity contribution in [3.8, 4) is 0 Å². The van der Waals surface area contributed by atoms with E-state index in [2.05, 4.69) is 6.07 Å². The molecule has 0 atom stereocenters. The zero-order valence-electron chi connectivity index (χ0n) is 17.1. The van der Waals surface area contributed by atoms with Gasteiger partial charge in [0.15, 0.2) is 0 Å². The van der Waals surface area contributed by atoms with E-state index in [1.54, 1.807) is 23.1 Å². The number of amides is 1. The highest BCUT2D eigenvalue weighted by Crippen LogP contribution is 2.33. The monoisotopic (exact) mass is 412 g/mol. The highest BCUT2D eigenvalue weighted by molar-refractivity contribution is 7.89. The molecule has 0 bridgehead atoms. The smallest absolute Gasteiger partial charge is 0.258 e. The first-order chi connectivity index (χ1) is 14.0. The number of aryl methyl sites for hydroxylation is 2. The Morgan fingerprint density at radius 2 is 1.66 bits per heavy atom. The lowest BCUT2D eigenvalue weighted by molar-refractivity contribution is 0.0989. The van der Waals surface area contributed by atoms with Gasteiger partial charge in [0.1, 0.15) is 0 Å². The third-order valence-corrected chi connectivity index (χ3v) is 8.18. The predicted octanol–water partition coefficient (Wildman–Crippen LogP) is 3.80. The number of nitrogens with zero attached hydrogens (tertiary/aromatic N) is 2. The van der Waals surface area contributed by atoms with Gasteiger partial charge in [-0.1, -0.05) is 19.9 Å². The Morgan fingerprint density at radius 3 is 2.38 bits per heavy atom. The fourth-order valence-electron chi connectivity index (χ4n) is 4.48.